The number of aryl methyl sites for hydroxylation is 1. The Balaban J connectivity index is 0.712. The number of halogens is 2. The van der Waals surface area contributed by atoms with Gasteiger partial charge in [-0.25, -0.2) is 9.97 Å². The van der Waals surface area contributed by atoms with Crippen LogP contribution in [0.4, 0.5) is 11.5 Å². The number of amides is 2. The van der Waals surface area contributed by atoms with Gasteiger partial charge in [0.15, 0.2) is 0 Å². The number of benzene rings is 4. The van der Waals surface area contributed by atoms with Crippen molar-refractivity contribution >= 4 is 57.4 Å². The zero-order valence-electron chi connectivity index (χ0n) is 39.8. The SMILES string of the molecule is C=CC(=O)N1CCCc2ccc(C(=O)NCCOCCOCCOCCOCCN(C)CCCNc3nc(CN4CCN(C(c5ccc(Cl)cc5)c5ccc(Cl)cc5)CC4)nc4ccccc34)cc21. The maximum absolute atomic E-state index is 12.7. The van der Waals surface area contributed by atoms with Crippen molar-refractivity contribution in [2.45, 2.75) is 31.8 Å². The number of hydrogen-bond acceptors (Lipinski definition) is 12. The third-order valence-corrected chi connectivity index (χ3v) is 12.8. The summed E-state index contributed by atoms with van der Waals surface area (Å²) in [6, 6.07) is 30.2. The molecule has 1 aromatic heterocycles. The van der Waals surface area contributed by atoms with E-state index in [0.717, 1.165) is 109 Å². The summed E-state index contributed by atoms with van der Waals surface area (Å²) >= 11 is 12.5. The summed E-state index contributed by atoms with van der Waals surface area (Å²) in [5.74, 6) is 1.34. The van der Waals surface area contributed by atoms with Gasteiger partial charge in [-0.05, 0) is 104 Å². The van der Waals surface area contributed by atoms with Crippen molar-refractivity contribution in [1.29, 1.82) is 0 Å². The van der Waals surface area contributed by atoms with Crippen LogP contribution in [0.2, 0.25) is 10.0 Å². The molecule has 7 rings (SSSR count). The summed E-state index contributed by atoms with van der Waals surface area (Å²) in [6.07, 6.45) is 4.03. The Kier molecular flexibility index (Phi) is 20.6. The number of hydrogen-bond donors (Lipinski definition) is 2. The number of aromatic nitrogens is 2. The molecule has 2 amide bonds. The number of carbonyl (C=O) groups is 2. The van der Waals surface area contributed by atoms with Crippen LogP contribution in [0, 0.1) is 0 Å². The highest BCUT2D eigenvalue weighted by molar-refractivity contribution is 6.30. The first kappa shape index (κ1) is 51.8. The van der Waals surface area contributed by atoms with E-state index in [2.05, 4.69) is 75.4 Å². The van der Waals surface area contributed by atoms with Gasteiger partial charge in [-0.1, -0.05) is 72.2 Å². The van der Waals surface area contributed by atoms with Gasteiger partial charge in [-0.3, -0.25) is 19.4 Å². The summed E-state index contributed by atoms with van der Waals surface area (Å²) in [4.78, 5) is 43.9. The van der Waals surface area contributed by atoms with Crippen molar-refractivity contribution in [2.75, 3.05) is 129 Å². The van der Waals surface area contributed by atoms with E-state index >= 15 is 0 Å². The summed E-state index contributed by atoms with van der Waals surface area (Å²) < 4.78 is 22.7. The van der Waals surface area contributed by atoms with Crippen molar-refractivity contribution < 1.29 is 28.5 Å². The summed E-state index contributed by atoms with van der Waals surface area (Å²) in [5.41, 5.74) is 5.72. The normalized spacial score (nSPS) is 14.4. The minimum atomic E-state index is -0.205. The number of piperazine rings is 1. The van der Waals surface area contributed by atoms with Crippen LogP contribution in [-0.2, 0) is 36.7 Å². The zero-order chi connectivity index (χ0) is 48.2. The lowest BCUT2D eigenvalue weighted by Crippen LogP contribution is -2.47. The van der Waals surface area contributed by atoms with Gasteiger partial charge in [0, 0.05) is 79.0 Å². The molecule has 0 bridgehead atoms. The molecule has 0 spiro atoms. The predicted octanol–water partition coefficient (Wildman–Crippen LogP) is 7.54. The van der Waals surface area contributed by atoms with Gasteiger partial charge in [-0.2, -0.15) is 0 Å². The number of rotatable bonds is 27. The Morgan fingerprint density at radius 2 is 1.39 bits per heavy atom. The summed E-state index contributed by atoms with van der Waals surface area (Å²) in [6.45, 7) is 15.2. The molecule has 368 valence electrons. The number of ether oxygens (including phenoxy) is 4. The van der Waals surface area contributed by atoms with Gasteiger partial charge in [0.1, 0.15) is 11.6 Å². The van der Waals surface area contributed by atoms with Crippen LogP contribution in [0.15, 0.2) is 104 Å². The standard InChI is InChI=1S/C53H66Cl2N8O6/c1-3-50(64)63-24-6-8-40-11-12-43(38-48(40)63)53(65)57-22-30-66-32-34-68-36-37-69-35-33-67-31-29-60(2)23-7-21-56-52-46-9-4-5-10-47(46)58-49(59-52)39-61-25-27-62(28-26-61)51(41-13-17-44(54)18-14-41)42-15-19-45(55)20-16-42/h3-5,9-20,38,51H,1,6-8,21-37,39H2,2H3,(H,57,65)(H,56,58,59). The monoisotopic (exact) mass is 980 g/mol. The lowest BCUT2D eigenvalue weighted by atomic mass is 9.96. The second kappa shape index (κ2) is 27.4. The summed E-state index contributed by atoms with van der Waals surface area (Å²) in [7, 11) is 2.11. The number of likely N-dealkylation sites (N-methyl/N-ethyl adjacent to an activating group) is 1. The molecule has 1 fully saturated rings. The minimum absolute atomic E-state index is 0.110. The first-order valence-corrected chi connectivity index (χ1v) is 24.8. The highest BCUT2D eigenvalue weighted by atomic mass is 35.5. The van der Waals surface area contributed by atoms with Gasteiger partial charge in [0.2, 0.25) is 5.91 Å². The fourth-order valence-corrected chi connectivity index (χ4v) is 8.91. The molecular formula is C53H66Cl2N8O6. The second-order valence-corrected chi connectivity index (χ2v) is 18.1. The third-order valence-electron chi connectivity index (χ3n) is 12.3. The molecule has 16 heteroatoms. The molecule has 5 aromatic rings. The maximum atomic E-state index is 12.7. The Labute approximate surface area is 416 Å². The lowest BCUT2D eigenvalue weighted by molar-refractivity contribution is -0.114. The molecular weight excluding hydrogens is 916 g/mol. The van der Waals surface area contributed by atoms with Crippen molar-refractivity contribution in [2.24, 2.45) is 0 Å². The number of anilines is 2. The van der Waals surface area contributed by atoms with E-state index in [0.29, 0.717) is 78.1 Å². The first-order valence-electron chi connectivity index (χ1n) is 24.1. The maximum Gasteiger partial charge on any atom is 0.251 e. The molecule has 1 saturated heterocycles. The minimum Gasteiger partial charge on any atom is -0.378 e. The van der Waals surface area contributed by atoms with Crippen LogP contribution in [-0.4, -0.2) is 155 Å². The van der Waals surface area contributed by atoms with Crippen molar-refractivity contribution in [3.63, 3.8) is 0 Å². The molecule has 0 saturated carbocycles. The van der Waals surface area contributed by atoms with Crippen LogP contribution in [0.25, 0.3) is 10.9 Å². The van der Waals surface area contributed by atoms with Crippen molar-refractivity contribution in [3.8, 4) is 0 Å². The van der Waals surface area contributed by atoms with E-state index < -0.39 is 0 Å². The van der Waals surface area contributed by atoms with E-state index in [1.807, 2.05) is 42.5 Å². The fraction of sp³-hybridized carbons (Fsp3) is 0.434. The lowest BCUT2D eigenvalue weighted by Gasteiger charge is -2.39. The van der Waals surface area contributed by atoms with Gasteiger partial charge in [-0.15, -0.1) is 0 Å². The molecule has 0 aliphatic carbocycles. The van der Waals surface area contributed by atoms with Crippen molar-refractivity contribution in [3.05, 3.63) is 142 Å². The van der Waals surface area contributed by atoms with Gasteiger partial charge in [0.05, 0.1) is 71.0 Å². The number of fused-ring (bicyclic) bond motifs is 2. The molecule has 14 nitrogen and oxygen atoms in total. The number of para-hydroxylation sites is 1. The third kappa shape index (κ3) is 15.8. The van der Waals surface area contributed by atoms with Gasteiger partial charge >= 0.3 is 0 Å². The highest BCUT2D eigenvalue weighted by Gasteiger charge is 2.27. The Morgan fingerprint density at radius 1 is 0.754 bits per heavy atom. The number of nitrogens with one attached hydrogen (secondary N) is 2. The average molecular weight is 982 g/mol. The molecule has 0 unspecified atom stereocenters. The number of nitrogens with zero attached hydrogens (tertiary/aromatic N) is 6. The van der Waals surface area contributed by atoms with Gasteiger partial charge < -0.3 is 39.4 Å². The van der Waals surface area contributed by atoms with Crippen LogP contribution in [0.1, 0.15) is 51.8 Å². The van der Waals surface area contributed by atoms with Crippen molar-refractivity contribution in [1.82, 2.24) is 30.0 Å². The topological polar surface area (TPSA) is 134 Å². The molecule has 2 aliphatic rings. The molecule has 2 aliphatic heterocycles. The Morgan fingerprint density at radius 3 is 2.06 bits per heavy atom. The predicted molar refractivity (Wildman–Crippen MR) is 275 cm³/mol. The zero-order valence-corrected chi connectivity index (χ0v) is 41.3. The van der Waals surface area contributed by atoms with E-state index in [4.69, 9.17) is 52.1 Å². The molecule has 3 heterocycles. The number of carbonyl (C=O) groups excluding carboxylic acids is 2. The first-order chi connectivity index (χ1) is 33.7. The van der Waals surface area contributed by atoms with Crippen LogP contribution in [0.5, 0.6) is 0 Å². The van der Waals surface area contributed by atoms with E-state index in [-0.39, 0.29) is 17.9 Å². The van der Waals surface area contributed by atoms with Crippen LogP contribution < -0.4 is 15.5 Å². The Hall–Kier alpha value is -5.00. The van der Waals surface area contributed by atoms with E-state index in [1.54, 1.807) is 17.0 Å². The molecule has 69 heavy (non-hydrogen) atoms. The smallest absolute Gasteiger partial charge is 0.251 e. The van der Waals surface area contributed by atoms with E-state index in [1.165, 1.54) is 17.2 Å². The average Bonchev–Trinajstić information content (AvgIpc) is 3.37. The molecule has 4 aromatic carbocycles. The van der Waals surface area contributed by atoms with Crippen LogP contribution in [0.3, 0.4) is 0 Å². The van der Waals surface area contributed by atoms with E-state index in [9.17, 15) is 9.59 Å². The van der Waals surface area contributed by atoms with Gasteiger partial charge in [0.25, 0.3) is 5.91 Å². The molecule has 0 atom stereocenters. The second-order valence-electron chi connectivity index (χ2n) is 17.3. The summed E-state index contributed by atoms with van der Waals surface area (Å²) in [5, 5.41) is 8.98. The molecule has 0 radical (unpaired) electrons. The molecule has 2 N–H and O–H groups in total. The fourth-order valence-electron chi connectivity index (χ4n) is 8.66. The Bertz CT molecular complexity index is 2360. The quantitative estimate of drug-likeness (QED) is 0.0398. The largest absolute Gasteiger partial charge is 0.378 e. The van der Waals surface area contributed by atoms with Crippen LogP contribution >= 0.6 is 23.2 Å². The highest BCUT2D eigenvalue weighted by Crippen LogP contribution is 2.32.